The number of rotatable bonds is 3. The zero-order valence-corrected chi connectivity index (χ0v) is 14.4. The summed E-state index contributed by atoms with van der Waals surface area (Å²) in [5.41, 5.74) is 3.43. The summed E-state index contributed by atoms with van der Waals surface area (Å²) < 4.78 is 0. The second-order valence-electron chi connectivity index (χ2n) is 6.72. The fraction of sp³-hybridized carbons (Fsp3) is 0.250. The van der Waals surface area contributed by atoms with Crippen LogP contribution in [-0.4, -0.2) is 33.4 Å². The van der Waals surface area contributed by atoms with Gasteiger partial charge in [-0.05, 0) is 24.1 Å². The van der Waals surface area contributed by atoms with Gasteiger partial charge in [-0.3, -0.25) is 9.78 Å². The highest BCUT2D eigenvalue weighted by Gasteiger charge is 2.28. The monoisotopic (exact) mass is 333 g/mol. The van der Waals surface area contributed by atoms with E-state index in [1.54, 1.807) is 6.33 Å². The van der Waals surface area contributed by atoms with Crippen molar-refractivity contribution >= 4 is 16.9 Å². The number of nitrogens with zero attached hydrogens (tertiary/aromatic N) is 2. The maximum Gasteiger partial charge on any atom is 0.254 e. The molecule has 2 aromatic heterocycles. The average molecular weight is 333 g/mol. The highest BCUT2D eigenvalue weighted by Crippen LogP contribution is 2.26. The Hall–Kier alpha value is -2.95. The molecule has 5 heteroatoms. The summed E-state index contributed by atoms with van der Waals surface area (Å²) in [4.78, 5) is 25.7. The third kappa shape index (κ3) is 2.71. The van der Waals surface area contributed by atoms with Crippen LogP contribution in [0, 0.1) is 5.92 Å². The topological polar surface area (TPSA) is 63.1 Å². The van der Waals surface area contributed by atoms with Crippen molar-refractivity contribution in [3.63, 3.8) is 0 Å². The van der Waals surface area contributed by atoms with Crippen molar-refractivity contribution in [3.05, 3.63) is 60.6 Å². The highest BCUT2D eigenvalue weighted by atomic mass is 16.2. The molecule has 3 heterocycles. The van der Waals surface area contributed by atoms with Gasteiger partial charge in [0, 0.05) is 17.7 Å². The zero-order valence-electron chi connectivity index (χ0n) is 14.4. The maximum absolute atomic E-state index is 13.0. The minimum Gasteiger partial charge on any atom is -0.328 e. The molecule has 126 valence electrons. The van der Waals surface area contributed by atoms with Crippen LogP contribution in [0.1, 0.15) is 24.2 Å². The van der Waals surface area contributed by atoms with Crippen LogP contribution in [0.5, 0.6) is 0 Å². The molecule has 4 rings (SSSR count). The lowest BCUT2D eigenvalue weighted by molar-refractivity contribution is -0.352. The Morgan fingerprint density at radius 3 is 3.08 bits per heavy atom. The van der Waals surface area contributed by atoms with Crippen LogP contribution >= 0.6 is 0 Å². The molecule has 0 saturated heterocycles. The van der Waals surface area contributed by atoms with Crippen LogP contribution in [0.4, 0.5) is 0 Å². The number of benzene rings is 1. The standard InChI is InChI=1S/C20H20N4O/c1-13(2)17-7-4-10-24(17)20(25)15-6-3-5-14(11-15)18-16-8-9-21-19(16)23-12-22-18/h3-9,11-13,17H,10H2,1-2H3,(H,21,22,23)/p+1/t17-/m1/s1. The predicted octanol–water partition coefficient (Wildman–Crippen LogP) is 3.08. The number of aromatic nitrogens is 3. The molecule has 0 bridgehead atoms. The van der Waals surface area contributed by atoms with Crippen molar-refractivity contribution in [2.24, 2.45) is 5.92 Å². The SMILES string of the molecule is CC(C)[C@H]1C=CCN1C(=O)c1cccc(-c2nc[nH+]c3[nH]ccc23)c1. The summed E-state index contributed by atoms with van der Waals surface area (Å²) in [6.07, 6.45) is 7.75. The van der Waals surface area contributed by atoms with E-state index in [0.717, 1.165) is 22.3 Å². The van der Waals surface area contributed by atoms with Crippen molar-refractivity contribution in [1.82, 2.24) is 14.9 Å². The van der Waals surface area contributed by atoms with Crippen LogP contribution in [0.15, 0.2) is 55.0 Å². The van der Waals surface area contributed by atoms with Gasteiger partial charge in [0.2, 0.25) is 12.0 Å². The molecule has 0 unspecified atom stereocenters. The number of H-pyrrole nitrogens is 2. The molecule has 0 spiro atoms. The number of amides is 1. The van der Waals surface area contributed by atoms with Gasteiger partial charge in [0.25, 0.3) is 5.91 Å². The van der Waals surface area contributed by atoms with Gasteiger partial charge >= 0.3 is 0 Å². The van der Waals surface area contributed by atoms with E-state index in [2.05, 4.69) is 41.0 Å². The van der Waals surface area contributed by atoms with Crippen molar-refractivity contribution in [2.45, 2.75) is 19.9 Å². The third-order valence-corrected chi connectivity index (χ3v) is 4.73. The summed E-state index contributed by atoms with van der Waals surface area (Å²) in [5, 5.41) is 1.01. The van der Waals surface area contributed by atoms with Crippen molar-refractivity contribution in [3.8, 4) is 11.3 Å². The van der Waals surface area contributed by atoms with Crippen molar-refractivity contribution in [1.29, 1.82) is 0 Å². The van der Waals surface area contributed by atoms with Gasteiger partial charge in [-0.1, -0.05) is 38.1 Å². The first-order valence-corrected chi connectivity index (χ1v) is 8.57. The molecule has 3 aromatic rings. The Kier molecular flexibility index (Phi) is 3.84. The van der Waals surface area contributed by atoms with Gasteiger partial charge in [-0.25, -0.2) is 4.98 Å². The van der Waals surface area contributed by atoms with Gasteiger partial charge in [-0.2, -0.15) is 0 Å². The molecular weight excluding hydrogens is 312 g/mol. The van der Waals surface area contributed by atoms with Crippen LogP contribution in [0.25, 0.3) is 22.3 Å². The zero-order chi connectivity index (χ0) is 17.4. The molecule has 0 saturated carbocycles. The summed E-state index contributed by atoms with van der Waals surface area (Å²) in [5.74, 6) is 0.468. The molecule has 0 fully saturated rings. The maximum atomic E-state index is 13.0. The number of aromatic amines is 2. The highest BCUT2D eigenvalue weighted by molar-refractivity contribution is 5.97. The number of fused-ring (bicyclic) bond motifs is 1. The molecule has 25 heavy (non-hydrogen) atoms. The van der Waals surface area contributed by atoms with Gasteiger partial charge in [0.05, 0.1) is 17.6 Å². The van der Waals surface area contributed by atoms with E-state index in [0.29, 0.717) is 18.0 Å². The Balaban J connectivity index is 1.70. The smallest absolute Gasteiger partial charge is 0.254 e. The molecule has 1 aliphatic rings. The largest absolute Gasteiger partial charge is 0.328 e. The Bertz CT molecular complexity index is 957. The molecule has 2 N–H and O–H groups in total. The molecular formula is C20H21N4O+. The summed E-state index contributed by atoms with van der Waals surface area (Å²) in [7, 11) is 0. The fourth-order valence-electron chi connectivity index (χ4n) is 3.45. The average Bonchev–Trinajstić information content (AvgIpc) is 3.30. The van der Waals surface area contributed by atoms with Gasteiger partial charge in [0.1, 0.15) is 0 Å². The second kappa shape index (κ2) is 6.16. The second-order valence-corrected chi connectivity index (χ2v) is 6.72. The van der Waals surface area contributed by atoms with E-state index in [1.165, 1.54) is 0 Å². The van der Waals surface area contributed by atoms with Gasteiger partial charge in [0.15, 0.2) is 5.69 Å². The van der Waals surface area contributed by atoms with Crippen LogP contribution in [-0.2, 0) is 0 Å². The minimum atomic E-state index is 0.0679. The lowest BCUT2D eigenvalue weighted by Gasteiger charge is -2.27. The third-order valence-electron chi connectivity index (χ3n) is 4.73. The summed E-state index contributed by atoms with van der Waals surface area (Å²) in [6.45, 7) is 4.96. The van der Waals surface area contributed by atoms with E-state index in [-0.39, 0.29) is 11.9 Å². The molecule has 1 aromatic carbocycles. The first kappa shape index (κ1) is 15.6. The van der Waals surface area contributed by atoms with E-state index >= 15 is 0 Å². The lowest BCUT2D eigenvalue weighted by atomic mass is 10.0. The van der Waals surface area contributed by atoms with E-state index < -0.39 is 0 Å². The molecule has 0 radical (unpaired) electrons. The Morgan fingerprint density at radius 1 is 1.36 bits per heavy atom. The summed E-state index contributed by atoms with van der Waals surface area (Å²) in [6, 6.07) is 9.89. The molecule has 5 nitrogen and oxygen atoms in total. The molecule has 0 aliphatic carbocycles. The lowest BCUT2D eigenvalue weighted by Crippen LogP contribution is -2.39. The van der Waals surface area contributed by atoms with Crippen LogP contribution < -0.4 is 4.98 Å². The number of hydrogen-bond acceptors (Lipinski definition) is 2. The van der Waals surface area contributed by atoms with Gasteiger partial charge in [-0.15, -0.1) is 4.98 Å². The molecule has 1 aliphatic heterocycles. The number of hydrogen-bond donors (Lipinski definition) is 1. The summed E-state index contributed by atoms with van der Waals surface area (Å²) >= 11 is 0. The predicted molar refractivity (Wildman–Crippen MR) is 96.9 cm³/mol. The normalized spacial score (nSPS) is 16.9. The van der Waals surface area contributed by atoms with E-state index in [1.807, 2.05) is 41.4 Å². The van der Waals surface area contributed by atoms with Crippen molar-refractivity contribution in [2.75, 3.05) is 6.54 Å². The van der Waals surface area contributed by atoms with E-state index in [4.69, 9.17) is 0 Å². The Morgan fingerprint density at radius 2 is 2.24 bits per heavy atom. The number of nitrogens with one attached hydrogen (secondary N) is 2. The first-order valence-electron chi connectivity index (χ1n) is 8.57. The van der Waals surface area contributed by atoms with Crippen LogP contribution in [0.2, 0.25) is 0 Å². The quantitative estimate of drug-likeness (QED) is 0.749. The first-order chi connectivity index (χ1) is 12.1. The van der Waals surface area contributed by atoms with E-state index in [9.17, 15) is 4.79 Å². The molecule has 1 atom stereocenters. The number of carbonyl (C=O) groups excluding carboxylic acids is 1. The number of carbonyl (C=O) groups is 1. The van der Waals surface area contributed by atoms with Crippen molar-refractivity contribution < 1.29 is 9.78 Å². The minimum absolute atomic E-state index is 0.0679. The fourth-order valence-corrected chi connectivity index (χ4v) is 3.45. The van der Waals surface area contributed by atoms with Gasteiger partial charge < -0.3 is 4.90 Å². The molecule has 1 amide bonds. The Labute approximate surface area is 146 Å². The van der Waals surface area contributed by atoms with Crippen LogP contribution in [0.3, 0.4) is 0 Å².